The minimum absolute atomic E-state index is 0.0738. The highest BCUT2D eigenvalue weighted by Crippen LogP contribution is 2.50. The average Bonchev–Trinajstić information content (AvgIpc) is 3.52. The second-order valence-electron chi connectivity index (χ2n) is 7.57. The third kappa shape index (κ3) is 2.79. The molecule has 0 saturated carbocycles. The summed E-state index contributed by atoms with van der Waals surface area (Å²) in [6.07, 6.45) is 0.544. The Bertz CT molecular complexity index is 751. The number of epoxide rings is 2. The molecule has 2 atom stereocenters. The molecule has 2 saturated heterocycles. The minimum atomic E-state index is -0.0738. The quantitative estimate of drug-likeness (QED) is 0.756. The summed E-state index contributed by atoms with van der Waals surface area (Å²) in [6, 6.07) is 12.8. The molecule has 5 rings (SSSR count). The molecule has 25 heavy (non-hydrogen) atoms. The molecule has 4 heteroatoms. The van der Waals surface area contributed by atoms with Crippen molar-refractivity contribution < 1.29 is 18.9 Å². The van der Waals surface area contributed by atoms with Gasteiger partial charge in [0.05, 0.1) is 13.2 Å². The molecule has 2 aromatic carbocycles. The largest absolute Gasteiger partial charge is 0.491 e. The maximum atomic E-state index is 5.88. The van der Waals surface area contributed by atoms with E-state index in [1.165, 1.54) is 22.3 Å². The van der Waals surface area contributed by atoms with Gasteiger partial charge in [-0.15, -0.1) is 0 Å². The molecule has 0 amide bonds. The van der Waals surface area contributed by atoms with E-state index in [0.29, 0.717) is 13.2 Å². The highest BCUT2D eigenvalue weighted by molar-refractivity contribution is 5.81. The molecule has 0 N–H and O–H groups in total. The zero-order chi connectivity index (χ0) is 17.0. The lowest BCUT2D eigenvalue weighted by atomic mass is 9.82. The van der Waals surface area contributed by atoms with Crippen molar-refractivity contribution in [3.63, 3.8) is 0 Å². The first-order valence-electron chi connectivity index (χ1n) is 8.89. The molecule has 2 fully saturated rings. The van der Waals surface area contributed by atoms with Crippen molar-refractivity contribution in [2.75, 3.05) is 26.4 Å². The van der Waals surface area contributed by atoms with Gasteiger partial charge in [0, 0.05) is 5.41 Å². The Labute approximate surface area is 147 Å². The van der Waals surface area contributed by atoms with E-state index < -0.39 is 0 Å². The zero-order valence-electron chi connectivity index (χ0n) is 14.6. The van der Waals surface area contributed by atoms with Crippen LogP contribution in [-0.4, -0.2) is 38.6 Å². The number of ether oxygens (including phenoxy) is 4. The lowest BCUT2D eigenvalue weighted by Gasteiger charge is -2.22. The first-order valence-corrected chi connectivity index (χ1v) is 8.89. The number of hydrogen-bond acceptors (Lipinski definition) is 4. The van der Waals surface area contributed by atoms with Crippen LogP contribution in [0, 0.1) is 0 Å². The van der Waals surface area contributed by atoms with Gasteiger partial charge in [0.25, 0.3) is 0 Å². The Kier molecular flexibility index (Phi) is 3.34. The standard InChI is InChI=1S/C21H22O4/c1-21(2)19-7-13(22-9-15-11-24-15)3-5-17(19)18-6-4-14(8-20(18)21)23-10-16-12-25-16/h3-8,15-16H,9-12H2,1-2H3. The molecule has 0 radical (unpaired) electrons. The second-order valence-corrected chi connectivity index (χ2v) is 7.57. The predicted molar refractivity (Wildman–Crippen MR) is 94.5 cm³/mol. The van der Waals surface area contributed by atoms with Crippen LogP contribution in [0.3, 0.4) is 0 Å². The van der Waals surface area contributed by atoms with Gasteiger partial charge in [-0.25, -0.2) is 0 Å². The molecule has 0 bridgehead atoms. The van der Waals surface area contributed by atoms with E-state index in [1.807, 2.05) is 0 Å². The van der Waals surface area contributed by atoms with Crippen LogP contribution in [0.1, 0.15) is 25.0 Å². The van der Waals surface area contributed by atoms with Gasteiger partial charge < -0.3 is 18.9 Å². The Balaban J connectivity index is 1.44. The van der Waals surface area contributed by atoms with Gasteiger partial charge in [-0.2, -0.15) is 0 Å². The van der Waals surface area contributed by atoms with Crippen LogP contribution in [0.4, 0.5) is 0 Å². The van der Waals surface area contributed by atoms with Crippen molar-refractivity contribution in [1.82, 2.24) is 0 Å². The summed E-state index contributed by atoms with van der Waals surface area (Å²) in [6.45, 7) is 7.42. The average molecular weight is 338 g/mol. The summed E-state index contributed by atoms with van der Waals surface area (Å²) < 4.78 is 22.2. The van der Waals surface area contributed by atoms with Crippen LogP contribution in [0.2, 0.25) is 0 Å². The molecule has 3 aliphatic rings. The number of fused-ring (bicyclic) bond motifs is 3. The van der Waals surface area contributed by atoms with E-state index in [-0.39, 0.29) is 17.6 Å². The van der Waals surface area contributed by atoms with E-state index in [0.717, 1.165) is 24.7 Å². The van der Waals surface area contributed by atoms with Crippen molar-refractivity contribution in [1.29, 1.82) is 0 Å². The lowest BCUT2D eigenvalue weighted by Crippen LogP contribution is -2.15. The lowest BCUT2D eigenvalue weighted by molar-refractivity contribution is 0.262. The highest BCUT2D eigenvalue weighted by Gasteiger charge is 2.36. The number of benzene rings is 2. The summed E-state index contributed by atoms with van der Waals surface area (Å²) in [5.41, 5.74) is 5.10. The maximum Gasteiger partial charge on any atom is 0.119 e. The van der Waals surface area contributed by atoms with Crippen LogP contribution >= 0.6 is 0 Å². The van der Waals surface area contributed by atoms with Gasteiger partial charge >= 0.3 is 0 Å². The molecule has 0 aromatic heterocycles. The van der Waals surface area contributed by atoms with Crippen molar-refractivity contribution in [2.45, 2.75) is 31.5 Å². The normalized spacial score (nSPS) is 24.4. The summed E-state index contributed by atoms with van der Waals surface area (Å²) in [5.74, 6) is 1.83. The van der Waals surface area contributed by atoms with Crippen LogP contribution < -0.4 is 9.47 Å². The first kappa shape index (κ1) is 15.2. The van der Waals surface area contributed by atoms with Gasteiger partial charge in [-0.05, 0) is 46.5 Å². The Hall–Kier alpha value is -2.04. The third-order valence-corrected chi connectivity index (χ3v) is 5.30. The first-order chi connectivity index (χ1) is 12.1. The fourth-order valence-corrected chi connectivity index (χ4v) is 3.58. The number of hydrogen-bond donors (Lipinski definition) is 0. The molecular weight excluding hydrogens is 316 g/mol. The van der Waals surface area contributed by atoms with Gasteiger partial charge in [-0.1, -0.05) is 26.0 Å². The van der Waals surface area contributed by atoms with E-state index in [1.54, 1.807) is 0 Å². The summed E-state index contributed by atoms with van der Waals surface area (Å²) >= 11 is 0. The fraction of sp³-hybridized carbons (Fsp3) is 0.429. The Morgan fingerprint density at radius 3 is 1.68 bits per heavy atom. The third-order valence-electron chi connectivity index (χ3n) is 5.30. The van der Waals surface area contributed by atoms with Crippen LogP contribution in [0.25, 0.3) is 11.1 Å². The van der Waals surface area contributed by atoms with Crippen LogP contribution in [-0.2, 0) is 14.9 Å². The zero-order valence-corrected chi connectivity index (χ0v) is 14.6. The fourth-order valence-electron chi connectivity index (χ4n) is 3.58. The minimum Gasteiger partial charge on any atom is -0.491 e. The second kappa shape index (κ2) is 5.48. The summed E-state index contributed by atoms with van der Waals surface area (Å²) in [7, 11) is 0. The van der Waals surface area contributed by atoms with E-state index in [2.05, 4.69) is 50.2 Å². The molecular formula is C21H22O4. The van der Waals surface area contributed by atoms with E-state index >= 15 is 0 Å². The maximum absolute atomic E-state index is 5.88. The van der Waals surface area contributed by atoms with Crippen LogP contribution in [0.5, 0.6) is 11.5 Å². The monoisotopic (exact) mass is 338 g/mol. The highest BCUT2D eigenvalue weighted by atomic mass is 16.6. The van der Waals surface area contributed by atoms with Crippen molar-refractivity contribution in [3.05, 3.63) is 47.5 Å². The van der Waals surface area contributed by atoms with Gasteiger partial charge in [0.1, 0.15) is 36.9 Å². The van der Waals surface area contributed by atoms with Crippen molar-refractivity contribution in [2.24, 2.45) is 0 Å². The van der Waals surface area contributed by atoms with Gasteiger partial charge in [-0.3, -0.25) is 0 Å². The Morgan fingerprint density at radius 2 is 1.28 bits per heavy atom. The molecule has 0 spiro atoms. The SMILES string of the molecule is CC1(C)c2cc(OCC3CO3)ccc2-c2ccc(OCC3CO3)cc21. The van der Waals surface area contributed by atoms with Crippen molar-refractivity contribution in [3.8, 4) is 22.6 Å². The Morgan fingerprint density at radius 1 is 0.840 bits per heavy atom. The van der Waals surface area contributed by atoms with Crippen LogP contribution in [0.15, 0.2) is 36.4 Å². The van der Waals surface area contributed by atoms with Gasteiger partial charge in [0.2, 0.25) is 0 Å². The summed E-state index contributed by atoms with van der Waals surface area (Å²) in [5, 5.41) is 0. The molecule has 1 aliphatic carbocycles. The molecule has 2 unspecified atom stereocenters. The predicted octanol–water partition coefficient (Wildman–Crippen LogP) is 3.55. The smallest absolute Gasteiger partial charge is 0.119 e. The number of rotatable bonds is 6. The molecule has 2 aliphatic heterocycles. The van der Waals surface area contributed by atoms with Crippen molar-refractivity contribution >= 4 is 0 Å². The molecule has 4 nitrogen and oxygen atoms in total. The van der Waals surface area contributed by atoms with E-state index in [9.17, 15) is 0 Å². The molecule has 2 heterocycles. The van der Waals surface area contributed by atoms with Gasteiger partial charge in [0.15, 0.2) is 0 Å². The molecule has 130 valence electrons. The topological polar surface area (TPSA) is 43.5 Å². The molecule has 2 aromatic rings. The van der Waals surface area contributed by atoms with E-state index in [4.69, 9.17) is 18.9 Å². The summed E-state index contributed by atoms with van der Waals surface area (Å²) in [4.78, 5) is 0.